The molecule has 0 spiro atoms. The van der Waals surface area contributed by atoms with Crippen LogP contribution in [0.15, 0.2) is 18.2 Å². The molecule has 0 aliphatic heterocycles. The van der Waals surface area contributed by atoms with E-state index < -0.39 is 5.82 Å². The zero-order valence-corrected chi connectivity index (χ0v) is 12.2. The Kier molecular flexibility index (Phi) is 4.98. The van der Waals surface area contributed by atoms with Crippen molar-refractivity contribution in [3.05, 3.63) is 29.6 Å². The highest BCUT2D eigenvalue weighted by Crippen LogP contribution is 2.36. The Bertz CT molecular complexity index is 580. The van der Waals surface area contributed by atoms with E-state index in [4.69, 9.17) is 5.11 Å². The number of rotatable bonds is 2. The van der Waals surface area contributed by atoms with Crippen LogP contribution in [0, 0.1) is 23.1 Å². The average molecular weight is 289 g/mol. The predicted octanol–water partition coefficient (Wildman–Crippen LogP) is 3.08. The summed E-state index contributed by atoms with van der Waals surface area (Å²) in [7, 11) is 0. The number of carbonyl (C=O) groups excluding carboxylic acids is 1. The lowest BCUT2D eigenvalue weighted by Crippen LogP contribution is -2.35. The van der Waals surface area contributed by atoms with Crippen molar-refractivity contribution in [2.45, 2.75) is 39.0 Å². The molecule has 2 N–H and O–H groups in total. The summed E-state index contributed by atoms with van der Waals surface area (Å²) in [5.41, 5.74) is 0.370. The van der Waals surface area contributed by atoms with Gasteiger partial charge in [-0.05, 0) is 31.0 Å². The fourth-order valence-electron chi connectivity index (χ4n) is 2.67. The third kappa shape index (κ3) is 3.83. The normalized spacial score (nSPS) is 16.7. The van der Waals surface area contributed by atoms with Gasteiger partial charge in [0.15, 0.2) is 0 Å². The molecule has 21 heavy (non-hydrogen) atoms. The third-order valence-electron chi connectivity index (χ3n) is 4.03. The van der Waals surface area contributed by atoms with Crippen molar-refractivity contribution < 1.29 is 14.3 Å². The van der Waals surface area contributed by atoms with Crippen molar-refractivity contribution in [1.29, 1.82) is 0 Å². The van der Waals surface area contributed by atoms with Crippen LogP contribution < -0.4 is 5.32 Å². The fourth-order valence-corrected chi connectivity index (χ4v) is 2.67. The molecule has 0 unspecified atom stereocenters. The number of halogens is 1. The number of hydrogen-bond donors (Lipinski definition) is 2. The van der Waals surface area contributed by atoms with Crippen LogP contribution in [0.25, 0.3) is 0 Å². The van der Waals surface area contributed by atoms with Gasteiger partial charge in [-0.3, -0.25) is 4.79 Å². The number of nitrogens with one attached hydrogen (secondary N) is 1. The number of carbonyl (C=O) groups is 1. The topological polar surface area (TPSA) is 49.3 Å². The summed E-state index contributed by atoms with van der Waals surface area (Å²) in [5, 5.41) is 11.5. The largest absolute Gasteiger partial charge is 0.384 e. The van der Waals surface area contributed by atoms with Gasteiger partial charge >= 0.3 is 0 Å². The van der Waals surface area contributed by atoms with Gasteiger partial charge in [0.2, 0.25) is 5.91 Å². The Balaban J connectivity index is 2.14. The van der Waals surface area contributed by atoms with Crippen LogP contribution in [0.5, 0.6) is 0 Å². The zero-order valence-electron chi connectivity index (χ0n) is 12.2. The maximum Gasteiger partial charge on any atom is 0.230 e. The van der Waals surface area contributed by atoms with Crippen LogP contribution in [0.2, 0.25) is 0 Å². The number of anilines is 1. The lowest BCUT2D eigenvalue weighted by Gasteiger charge is -2.32. The number of aliphatic hydroxyl groups is 1. The summed E-state index contributed by atoms with van der Waals surface area (Å²) in [4.78, 5) is 12.4. The fraction of sp³-hybridized carbons (Fsp3) is 0.471. The van der Waals surface area contributed by atoms with E-state index in [1.54, 1.807) is 0 Å². The predicted molar refractivity (Wildman–Crippen MR) is 80.2 cm³/mol. The van der Waals surface area contributed by atoms with Crippen molar-refractivity contribution in [1.82, 2.24) is 0 Å². The van der Waals surface area contributed by atoms with Crippen LogP contribution in [-0.2, 0) is 4.79 Å². The van der Waals surface area contributed by atoms with Crippen molar-refractivity contribution in [3.63, 3.8) is 0 Å². The van der Waals surface area contributed by atoms with Gasteiger partial charge in [0.1, 0.15) is 12.4 Å². The third-order valence-corrected chi connectivity index (χ3v) is 4.03. The van der Waals surface area contributed by atoms with Gasteiger partial charge in [0.25, 0.3) is 0 Å². The standard InChI is InChI=1S/C17H20FNO2/c1-17(9-3-2-4-10-17)16(21)19-14-7-8-15(18)13(12-14)6-5-11-20/h7-8,12,20H,2-4,9-11H2,1H3,(H,19,21). The van der Waals surface area contributed by atoms with Crippen LogP contribution in [-0.4, -0.2) is 17.6 Å². The van der Waals surface area contributed by atoms with Gasteiger partial charge < -0.3 is 10.4 Å². The number of benzene rings is 1. The maximum absolute atomic E-state index is 13.6. The van der Waals surface area contributed by atoms with Gasteiger partial charge in [0, 0.05) is 11.1 Å². The molecule has 1 saturated carbocycles. The summed E-state index contributed by atoms with van der Waals surface area (Å²) >= 11 is 0. The summed E-state index contributed by atoms with van der Waals surface area (Å²) in [6.45, 7) is 1.66. The van der Waals surface area contributed by atoms with Gasteiger partial charge in [0.05, 0.1) is 5.56 Å². The highest BCUT2D eigenvalue weighted by atomic mass is 19.1. The van der Waals surface area contributed by atoms with Crippen molar-refractivity contribution >= 4 is 11.6 Å². The molecule has 1 aliphatic carbocycles. The van der Waals surface area contributed by atoms with Gasteiger partial charge in [-0.15, -0.1) is 0 Å². The molecule has 112 valence electrons. The first-order valence-corrected chi connectivity index (χ1v) is 7.26. The summed E-state index contributed by atoms with van der Waals surface area (Å²) in [5.74, 6) is 4.47. The number of amides is 1. The Morgan fingerprint density at radius 3 is 2.76 bits per heavy atom. The Labute approximate surface area is 124 Å². The van der Waals surface area contributed by atoms with Gasteiger partial charge in [-0.2, -0.15) is 0 Å². The molecule has 0 bridgehead atoms. The van der Waals surface area contributed by atoms with Crippen molar-refractivity contribution in [2.75, 3.05) is 11.9 Å². The molecule has 1 aromatic rings. The molecule has 4 heteroatoms. The van der Waals surface area contributed by atoms with Crippen molar-refractivity contribution in [2.24, 2.45) is 5.41 Å². The second-order valence-electron chi connectivity index (χ2n) is 5.73. The molecule has 1 aliphatic rings. The van der Waals surface area contributed by atoms with Gasteiger partial charge in [-0.1, -0.05) is 38.0 Å². The van der Waals surface area contributed by atoms with Crippen molar-refractivity contribution in [3.8, 4) is 11.8 Å². The second-order valence-corrected chi connectivity index (χ2v) is 5.73. The van der Waals surface area contributed by atoms with Crippen LogP contribution >= 0.6 is 0 Å². The lowest BCUT2D eigenvalue weighted by atomic mass is 9.75. The first-order chi connectivity index (χ1) is 10.0. The van der Waals surface area contributed by atoms with E-state index in [0.29, 0.717) is 5.69 Å². The number of hydrogen-bond acceptors (Lipinski definition) is 2. The van der Waals surface area contributed by atoms with Gasteiger partial charge in [-0.25, -0.2) is 4.39 Å². The van der Waals surface area contributed by atoms with E-state index in [2.05, 4.69) is 17.2 Å². The smallest absolute Gasteiger partial charge is 0.230 e. The molecular formula is C17H20FNO2. The Morgan fingerprint density at radius 2 is 2.10 bits per heavy atom. The minimum absolute atomic E-state index is 0.0186. The van der Waals surface area contributed by atoms with E-state index in [-0.39, 0.29) is 23.5 Å². The van der Waals surface area contributed by atoms with E-state index in [1.807, 2.05) is 6.92 Å². The van der Waals surface area contributed by atoms with Crippen LogP contribution in [0.3, 0.4) is 0 Å². The molecule has 3 nitrogen and oxygen atoms in total. The molecule has 0 saturated heterocycles. The average Bonchev–Trinajstić information content (AvgIpc) is 2.48. The lowest BCUT2D eigenvalue weighted by molar-refractivity contribution is -0.126. The molecule has 0 heterocycles. The quantitative estimate of drug-likeness (QED) is 0.822. The summed E-state index contributed by atoms with van der Waals surface area (Å²) in [6.07, 6.45) is 5.09. The first-order valence-electron chi connectivity index (χ1n) is 7.26. The molecule has 0 atom stereocenters. The van der Waals surface area contributed by atoms with E-state index >= 15 is 0 Å². The summed E-state index contributed by atoms with van der Waals surface area (Å²) < 4.78 is 13.6. The second kappa shape index (κ2) is 6.73. The zero-order chi connectivity index (χ0) is 15.3. The molecule has 1 aromatic carbocycles. The van der Waals surface area contributed by atoms with E-state index in [0.717, 1.165) is 25.7 Å². The highest BCUT2D eigenvalue weighted by Gasteiger charge is 2.34. The molecular weight excluding hydrogens is 269 g/mol. The van der Waals surface area contributed by atoms with E-state index in [1.165, 1.54) is 24.6 Å². The number of aliphatic hydroxyl groups excluding tert-OH is 1. The Morgan fingerprint density at radius 1 is 1.38 bits per heavy atom. The first kappa shape index (κ1) is 15.5. The SMILES string of the molecule is CC1(C(=O)Nc2ccc(F)c(C#CCO)c2)CCCCC1. The van der Waals surface area contributed by atoms with Crippen LogP contribution in [0.1, 0.15) is 44.6 Å². The van der Waals surface area contributed by atoms with Crippen LogP contribution in [0.4, 0.5) is 10.1 Å². The molecule has 0 radical (unpaired) electrons. The molecule has 0 aromatic heterocycles. The Hall–Kier alpha value is -1.86. The molecule has 1 fully saturated rings. The minimum atomic E-state index is -0.460. The minimum Gasteiger partial charge on any atom is -0.384 e. The monoisotopic (exact) mass is 289 g/mol. The molecule has 2 rings (SSSR count). The summed E-state index contributed by atoms with van der Waals surface area (Å²) in [6, 6.07) is 4.31. The van der Waals surface area contributed by atoms with E-state index in [9.17, 15) is 9.18 Å². The highest BCUT2D eigenvalue weighted by molar-refractivity contribution is 5.95. The molecule has 1 amide bonds. The maximum atomic E-state index is 13.6.